The maximum atomic E-state index is 5.79. The van der Waals surface area contributed by atoms with Crippen LogP contribution >= 0.6 is 22.9 Å². The van der Waals surface area contributed by atoms with Crippen molar-refractivity contribution in [2.45, 2.75) is 12.8 Å². The van der Waals surface area contributed by atoms with Gasteiger partial charge in [-0.15, -0.1) is 11.3 Å². The monoisotopic (exact) mass is 279 g/mol. The number of aromatic nitrogens is 1. The molecule has 1 saturated heterocycles. The average Bonchev–Trinajstić information content (AvgIpc) is 3.02. The lowest BCUT2D eigenvalue weighted by molar-refractivity contribution is 0.949. The first kappa shape index (κ1) is 11.8. The van der Waals surface area contributed by atoms with E-state index in [4.69, 9.17) is 11.6 Å². The Hall–Kier alpha value is -1.26. The number of halogens is 1. The van der Waals surface area contributed by atoms with Crippen LogP contribution in [0.1, 0.15) is 12.8 Å². The van der Waals surface area contributed by atoms with Gasteiger partial charge in [0.2, 0.25) is 0 Å². The summed E-state index contributed by atoms with van der Waals surface area (Å²) in [6.07, 6.45) is 2.61. The van der Waals surface area contributed by atoms with Crippen molar-refractivity contribution >= 4 is 39.4 Å². The van der Waals surface area contributed by atoms with Gasteiger partial charge in [0.05, 0.1) is 0 Å². The zero-order valence-corrected chi connectivity index (χ0v) is 11.5. The molecule has 2 heterocycles. The number of hydrogen-bond donors (Lipinski definition) is 1. The Morgan fingerprint density at radius 3 is 2.50 bits per heavy atom. The van der Waals surface area contributed by atoms with Crippen LogP contribution in [0, 0.1) is 0 Å². The van der Waals surface area contributed by atoms with Gasteiger partial charge in [0.15, 0.2) is 5.13 Å². The Morgan fingerprint density at radius 1 is 1.17 bits per heavy atom. The maximum absolute atomic E-state index is 5.79. The van der Waals surface area contributed by atoms with Crippen molar-refractivity contribution in [1.29, 1.82) is 0 Å². The van der Waals surface area contributed by atoms with E-state index in [0.29, 0.717) is 5.15 Å². The largest absolute Gasteiger partial charge is 0.372 e. The van der Waals surface area contributed by atoms with Crippen LogP contribution in [0.5, 0.6) is 0 Å². The average molecular weight is 280 g/mol. The second kappa shape index (κ2) is 5.16. The van der Waals surface area contributed by atoms with Crippen molar-refractivity contribution in [3.63, 3.8) is 0 Å². The molecule has 94 valence electrons. The summed E-state index contributed by atoms with van der Waals surface area (Å²) in [5.74, 6) is 0. The summed E-state index contributed by atoms with van der Waals surface area (Å²) in [5, 5.41) is 6.43. The smallest absolute Gasteiger partial charge is 0.188 e. The standard InChI is InChI=1S/C13H14ClN3S/c14-12-9-18-13(16-12)15-10-3-5-11(6-4-10)17-7-1-2-8-17/h3-6,9H,1-2,7-8H2,(H,15,16). The molecule has 0 saturated carbocycles. The molecular formula is C13H14ClN3S. The van der Waals surface area contributed by atoms with Crippen LogP contribution < -0.4 is 10.2 Å². The fourth-order valence-electron chi connectivity index (χ4n) is 2.17. The molecule has 0 unspecified atom stereocenters. The molecular weight excluding hydrogens is 266 g/mol. The normalized spacial score (nSPS) is 15.1. The number of hydrogen-bond acceptors (Lipinski definition) is 4. The highest BCUT2D eigenvalue weighted by atomic mass is 35.5. The van der Waals surface area contributed by atoms with Crippen LogP contribution in [0.4, 0.5) is 16.5 Å². The van der Waals surface area contributed by atoms with E-state index in [1.807, 2.05) is 5.38 Å². The minimum absolute atomic E-state index is 0.538. The lowest BCUT2D eigenvalue weighted by Gasteiger charge is -2.17. The van der Waals surface area contributed by atoms with Crippen LogP contribution in [0.3, 0.4) is 0 Å². The van der Waals surface area contributed by atoms with Crippen molar-refractivity contribution in [1.82, 2.24) is 4.98 Å². The Morgan fingerprint density at radius 2 is 1.89 bits per heavy atom. The zero-order chi connectivity index (χ0) is 12.4. The quantitative estimate of drug-likeness (QED) is 0.915. The van der Waals surface area contributed by atoms with Crippen LogP contribution in [-0.2, 0) is 0 Å². The van der Waals surface area contributed by atoms with Crippen molar-refractivity contribution < 1.29 is 0 Å². The molecule has 18 heavy (non-hydrogen) atoms. The van der Waals surface area contributed by atoms with Gasteiger partial charge in [-0.3, -0.25) is 0 Å². The lowest BCUT2D eigenvalue weighted by atomic mass is 10.2. The van der Waals surface area contributed by atoms with Crippen molar-refractivity contribution in [3.8, 4) is 0 Å². The summed E-state index contributed by atoms with van der Waals surface area (Å²) in [7, 11) is 0. The molecule has 1 N–H and O–H groups in total. The first-order chi connectivity index (χ1) is 8.81. The molecule has 0 spiro atoms. The van der Waals surface area contributed by atoms with Gasteiger partial charge in [-0.25, -0.2) is 4.98 Å². The van der Waals surface area contributed by atoms with E-state index in [1.54, 1.807) is 0 Å². The predicted octanol–water partition coefficient (Wildman–Crippen LogP) is 4.14. The highest BCUT2D eigenvalue weighted by Crippen LogP contribution is 2.26. The minimum Gasteiger partial charge on any atom is -0.372 e. The van der Waals surface area contributed by atoms with Crippen LogP contribution in [0.2, 0.25) is 5.15 Å². The molecule has 0 atom stereocenters. The fourth-order valence-corrected chi connectivity index (χ4v) is 3.02. The summed E-state index contributed by atoms with van der Waals surface area (Å²) in [5.41, 5.74) is 2.35. The summed E-state index contributed by atoms with van der Waals surface area (Å²) >= 11 is 7.30. The van der Waals surface area contributed by atoms with Crippen molar-refractivity contribution in [2.24, 2.45) is 0 Å². The summed E-state index contributed by atoms with van der Waals surface area (Å²) in [4.78, 5) is 6.59. The fraction of sp³-hybridized carbons (Fsp3) is 0.308. The van der Waals surface area contributed by atoms with Gasteiger partial charge in [-0.1, -0.05) is 11.6 Å². The number of benzene rings is 1. The number of anilines is 3. The van der Waals surface area contributed by atoms with E-state index in [2.05, 4.69) is 39.5 Å². The van der Waals surface area contributed by atoms with Gasteiger partial charge in [0.1, 0.15) is 5.15 Å². The van der Waals surface area contributed by atoms with Crippen molar-refractivity contribution in [3.05, 3.63) is 34.8 Å². The zero-order valence-electron chi connectivity index (χ0n) is 9.90. The highest BCUT2D eigenvalue weighted by Gasteiger charge is 2.11. The highest BCUT2D eigenvalue weighted by molar-refractivity contribution is 7.14. The molecule has 0 amide bonds. The van der Waals surface area contributed by atoms with E-state index in [-0.39, 0.29) is 0 Å². The Bertz CT molecular complexity index is 517. The summed E-state index contributed by atoms with van der Waals surface area (Å²) in [6, 6.07) is 8.48. The van der Waals surface area contributed by atoms with Gasteiger partial charge in [-0.2, -0.15) is 0 Å². The van der Waals surface area contributed by atoms with Crippen LogP contribution in [-0.4, -0.2) is 18.1 Å². The minimum atomic E-state index is 0.538. The van der Waals surface area contributed by atoms with Gasteiger partial charge in [0.25, 0.3) is 0 Å². The molecule has 1 aliphatic rings. The summed E-state index contributed by atoms with van der Waals surface area (Å²) < 4.78 is 0. The third-order valence-corrected chi connectivity index (χ3v) is 4.15. The molecule has 0 bridgehead atoms. The molecule has 1 aliphatic heterocycles. The molecule has 1 fully saturated rings. The molecule has 0 aliphatic carbocycles. The Kier molecular flexibility index (Phi) is 3.39. The first-order valence-electron chi connectivity index (χ1n) is 6.04. The van der Waals surface area contributed by atoms with E-state index in [0.717, 1.165) is 10.8 Å². The summed E-state index contributed by atoms with van der Waals surface area (Å²) in [6.45, 7) is 2.35. The van der Waals surface area contributed by atoms with Gasteiger partial charge in [-0.05, 0) is 37.1 Å². The van der Waals surface area contributed by atoms with E-state index >= 15 is 0 Å². The molecule has 1 aromatic carbocycles. The SMILES string of the molecule is Clc1csc(Nc2ccc(N3CCCC3)cc2)n1. The van der Waals surface area contributed by atoms with E-state index in [1.165, 1.54) is 43.0 Å². The number of nitrogens with zero attached hydrogens (tertiary/aromatic N) is 2. The van der Waals surface area contributed by atoms with Gasteiger partial charge < -0.3 is 10.2 Å². The molecule has 3 rings (SSSR count). The Balaban J connectivity index is 1.70. The topological polar surface area (TPSA) is 28.2 Å². The number of rotatable bonds is 3. The first-order valence-corrected chi connectivity index (χ1v) is 7.30. The molecule has 5 heteroatoms. The molecule has 0 radical (unpaired) electrons. The van der Waals surface area contributed by atoms with E-state index in [9.17, 15) is 0 Å². The third-order valence-electron chi connectivity index (χ3n) is 3.07. The second-order valence-electron chi connectivity index (χ2n) is 4.34. The van der Waals surface area contributed by atoms with Gasteiger partial charge >= 0.3 is 0 Å². The predicted molar refractivity (Wildman–Crippen MR) is 78.3 cm³/mol. The molecule has 2 aromatic rings. The molecule has 3 nitrogen and oxygen atoms in total. The second-order valence-corrected chi connectivity index (χ2v) is 5.59. The molecule has 1 aromatic heterocycles. The van der Waals surface area contributed by atoms with Gasteiger partial charge in [0, 0.05) is 29.8 Å². The maximum Gasteiger partial charge on any atom is 0.188 e. The number of thiazole rings is 1. The van der Waals surface area contributed by atoms with Crippen LogP contribution in [0.25, 0.3) is 0 Å². The van der Waals surface area contributed by atoms with Crippen molar-refractivity contribution in [2.75, 3.05) is 23.3 Å². The lowest BCUT2D eigenvalue weighted by Crippen LogP contribution is -2.17. The Labute approximate surface area is 115 Å². The van der Waals surface area contributed by atoms with Crippen LogP contribution in [0.15, 0.2) is 29.6 Å². The van der Waals surface area contributed by atoms with E-state index < -0.39 is 0 Å². The number of nitrogens with one attached hydrogen (secondary N) is 1. The third kappa shape index (κ3) is 2.60.